The Morgan fingerprint density at radius 2 is 2.13 bits per heavy atom. The second-order valence-electron chi connectivity index (χ2n) is 6.15. The summed E-state index contributed by atoms with van der Waals surface area (Å²) >= 11 is 0. The Balaban J connectivity index is 0.00000156. The van der Waals surface area contributed by atoms with Crippen LogP contribution in [-0.2, 0) is 0 Å². The third-order valence-corrected chi connectivity index (χ3v) is 4.81. The van der Waals surface area contributed by atoms with E-state index >= 15 is 0 Å². The van der Waals surface area contributed by atoms with Crippen LogP contribution in [0.5, 0.6) is 5.88 Å². The first-order valence-corrected chi connectivity index (χ1v) is 7.93. The molecule has 0 radical (unpaired) electrons. The molecule has 4 rings (SSSR count). The molecule has 7 heteroatoms. The van der Waals surface area contributed by atoms with Crippen LogP contribution >= 0.6 is 12.4 Å². The van der Waals surface area contributed by atoms with E-state index in [1.54, 1.807) is 19.4 Å². The average molecular weight is 337 g/mol. The molecule has 2 aromatic heterocycles. The highest BCUT2D eigenvalue weighted by atomic mass is 35.5. The fourth-order valence-corrected chi connectivity index (χ4v) is 3.64. The fraction of sp³-hybridized carbons (Fsp3) is 0.562. The van der Waals surface area contributed by atoms with Crippen LogP contribution in [0, 0.1) is 5.92 Å². The lowest BCUT2D eigenvalue weighted by Crippen LogP contribution is -2.30. The number of fused-ring (bicyclic) bond motifs is 1. The molecule has 124 valence electrons. The van der Waals surface area contributed by atoms with E-state index in [2.05, 4.69) is 20.4 Å². The fourth-order valence-electron chi connectivity index (χ4n) is 3.64. The molecule has 3 atom stereocenters. The minimum absolute atomic E-state index is 0. The zero-order valence-electron chi connectivity index (χ0n) is 13.1. The van der Waals surface area contributed by atoms with Crippen LogP contribution in [0.4, 0.5) is 0 Å². The number of aromatic nitrogens is 3. The van der Waals surface area contributed by atoms with Gasteiger partial charge in [-0.2, -0.15) is 4.98 Å². The van der Waals surface area contributed by atoms with Gasteiger partial charge in [-0.25, -0.2) is 4.98 Å². The SMILES string of the molecule is COc1ccc(-c2noc(C3CC4CCCCC4N3)n2)cn1.Cl. The van der Waals surface area contributed by atoms with Gasteiger partial charge in [0.25, 0.3) is 0 Å². The molecule has 1 aliphatic carbocycles. The number of hydrogen-bond donors (Lipinski definition) is 1. The molecule has 3 heterocycles. The lowest BCUT2D eigenvalue weighted by atomic mass is 9.85. The second kappa shape index (κ2) is 6.84. The van der Waals surface area contributed by atoms with Crippen molar-refractivity contribution in [1.82, 2.24) is 20.4 Å². The standard InChI is InChI=1S/C16H20N4O2.ClH/c1-21-14-7-6-11(9-17-14)15-19-16(22-20-15)13-8-10-4-2-3-5-12(10)18-13;/h6-7,9-10,12-13,18H,2-5,8H2,1H3;1H. The normalized spacial score (nSPS) is 26.4. The summed E-state index contributed by atoms with van der Waals surface area (Å²) < 4.78 is 10.5. The Labute approximate surface area is 141 Å². The van der Waals surface area contributed by atoms with Crippen molar-refractivity contribution in [3.05, 3.63) is 24.2 Å². The minimum atomic E-state index is 0. The van der Waals surface area contributed by atoms with Gasteiger partial charge in [-0.1, -0.05) is 18.0 Å². The monoisotopic (exact) mass is 336 g/mol. The first kappa shape index (κ1) is 16.2. The van der Waals surface area contributed by atoms with Gasteiger partial charge in [-0.15, -0.1) is 12.4 Å². The lowest BCUT2D eigenvalue weighted by molar-refractivity contribution is 0.324. The van der Waals surface area contributed by atoms with E-state index in [1.807, 2.05) is 6.07 Å². The summed E-state index contributed by atoms with van der Waals surface area (Å²) in [5.41, 5.74) is 0.839. The molecule has 23 heavy (non-hydrogen) atoms. The number of rotatable bonds is 3. The Bertz CT molecular complexity index is 632. The summed E-state index contributed by atoms with van der Waals surface area (Å²) in [6.07, 6.45) is 8.07. The van der Waals surface area contributed by atoms with E-state index in [-0.39, 0.29) is 18.4 Å². The molecule has 2 aromatic rings. The minimum Gasteiger partial charge on any atom is -0.481 e. The third-order valence-electron chi connectivity index (χ3n) is 4.81. The van der Waals surface area contributed by atoms with Gasteiger partial charge < -0.3 is 14.6 Å². The second-order valence-corrected chi connectivity index (χ2v) is 6.15. The topological polar surface area (TPSA) is 73.1 Å². The van der Waals surface area contributed by atoms with Crippen LogP contribution in [0.15, 0.2) is 22.9 Å². The van der Waals surface area contributed by atoms with E-state index in [0.29, 0.717) is 23.6 Å². The first-order chi connectivity index (χ1) is 10.8. The van der Waals surface area contributed by atoms with Gasteiger partial charge in [-0.3, -0.25) is 0 Å². The summed E-state index contributed by atoms with van der Waals surface area (Å²) in [5, 5.41) is 7.76. The Kier molecular flexibility index (Phi) is 4.82. The predicted octanol–water partition coefficient (Wildman–Crippen LogP) is 3.16. The van der Waals surface area contributed by atoms with Crippen molar-refractivity contribution in [3.8, 4) is 17.3 Å². The van der Waals surface area contributed by atoms with E-state index in [1.165, 1.54) is 25.7 Å². The maximum Gasteiger partial charge on any atom is 0.244 e. The Hall–Kier alpha value is -1.66. The molecule has 1 saturated carbocycles. The maximum absolute atomic E-state index is 5.48. The first-order valence-electron chi connectivity index (χ1n) is 7.93. The molecule has 0 spiro atoms. The van der Waals surface area contributed by atoms with Crippen molar-refractivity contribution in [3.63, 3.8) is 0 Å². The molecule has 2 fully saturated rings. The van der Waals surface area contributed by atoms with E-state index in [9.17, 15) is 0 Å². The average Bonchev–Trinajstić information content (AvgIpc) is 3.21. The summed E-state index contributed by atoms with van der Waals surface area (Å²) in [6, 6.07) is 4.51. The van der Waals surface area contributed by atoms with E-state index in [4.69, 9.17) is 9.26 Å². The summed E-state index contributed by atoms with van der Waals surface area (Å²) in [4.78, 5) is 8.73. The molecular formula is C16H21ClN4O2. The summed E-state index contributed by atoms with van der Waals surface area (Å²) in [7, 11) is 1.60. The third kappa shape index (κ3) is 3.19. The molecule has 0 amide bonds. The molecule has 1 N–H and O–H groups in total. The molecule has 6 nitrogen and oxygen atoms in total. The van der Waals surface area contributed by atoms with Gasteiger partial charge in [0.1, 0.15) is 0 Å². The number of ether oxygens (including phenoxy) is 1. The zero-order chi connectivity index (χ0) is 14.9. The highest BCUT2D eigenvalue weighted by Gasteiger charge is 2.38. The van der Waals surface area contributed by atoms with Crippen LogP contribution in [-0.4, -0.2) is 28.3 Å². The van der Waals surface area contributed by atoms with E-state index in [0.717, 1.165) is 17.9 Å². The van der Waals surface area contributed by atoms with Crippen LogP contribution < -0.4 is 10.1 Å². The molecule has 1 saturated heterocycles. The van der Waals surface area contributed by atoms with Crippen LogP contribution in [0.3, 0.4) is 0 Å². The van der Waals surface area contributed by atoms with Gasteiger partial charge in [0, 0.05) is 23.9 Å². The summed E-state index contributed by atoms with van der Waals surface area (Å²) in [6.45, 7) is 0. The molecule has 3 unspecified atom stereocenters. The van der Waals surface area contributed by atoms with Crippen molar-refractivity contribution in [2.75, 3.05) is 7.11 Å². The van der Waals surface area contributed by atoms with Crippen molar-refractivity contribution in [2.45, 2.75) is 44.2 Å². The van der Waals surface area contributed by atoms with Crippen molar-refractivity contribution in [2.24, 2.45) is 5.92 Å². The van der Waals surface area contributed by atoms with Gasteiger partial charge in [0.2, 0.25) is 17.6 Å². The number of hydrogen-bond acceptors (Lipinski definition) is 6. The van der Waals surface area contributed by atoms with Crippen molar-refractivity contribution >= 4 is 12.4 Å². The lowest BCUT2D eigenvalue weighted by Gasteiger charge is -2.24. The van der Waals surface area contributed by atoms with Gasteiger partial charge in [-0.05, 0) is 31.2 Å². The Morgan fingerprint density at radius 1 is 1.26 bits per heavy atom. The molecule has 2 aliphatic rings. The zero-order valence-corrected chi connectivity index (χ0v) is 13.9. The predicted molar refractivity (Wildman–Crippen MR) is 87.6 cm³/mol. The van der Waals surface area contributed by atoms with Crippen LogP contribution in [0.1, 0.15) is 44.0 Å². The van der Waals surface area contributed by atoms with Crippen LogP contribution in [0.25, 0.3) is 11.4 Å². The number of nitrogens with zero attached hydrogens (tertiary/aromatic N) is 3. The number of methoxy groups -OCH3 is 1. The van der Waals surface area contributed by atoms with Crippen molar-refractivity contribution in [1.29, 1.82) is 0 Å². The van der Waals surface area contributed by atoms with Gasteiger partial charge in [0.05, 0.1) is 13.2 Å². The number of pyridine rings is 1. The Morgan fingerprint density at radius 3 is 2.87 bits per heavy atom. The van der Waals surface area contributed by atoms with Gasteiger partial charge >= 0.3 is 0 Å². The molecular weight excluding hydrogens is 316 g/mol. The van der Waals surface area contributed by atoms with Crippen molar-refractivity contribution < 1.29 is 9.26 Å². The highest BCUT2D eigenvalue weighted by molar-refractivity contribution is 5.85. The molecule has 0 bridgehead atoms. The summed E-state index contributed by atoms with van der Waals surface area (Å²) in [5.74, 6) is 2.62. The number of halogens is 1. The maximum atomic E-state index is 5.48. The van der Waals surface area contributed by atoms with E-state index < -0.39 is 0 Å². The quantitative estimate of drug-likeness (QED) is 0.928. The van der Waals surface area contributed by atoms with Crippen LogP contribution in [0.2, 0.25) is 0 Å². The van der Waals surface area contributed by atoms with Gasteiger partial charge in [0.15, 0.2) is 0 Å². The number of nitrogens with one attached hydrogen (secondary N) is 1. The largest absolute Gasteiger partial charge is 0.481 e. The highest BCUT2D eigenvalue weighted by Crippen LogP contribution is 2.38. The molecule has 1 aliphatic heterocycles. The molecule has 0 aromatic carbocycles. The smallest absolute Gasteiger partial charge is 0.244 e.